The summed E-state index contributed by atoms with van der Waals surface area (Å²) in [4.78, 5) is 46.8. The normalized spacial score (nSPS) is 21.6. The van der Waals surface area contributed by atoms with Crippen molar-refractivity contribution in [3.63, 3.8) is 0 Å². The fourth-order valence-corrected chi connectivity index (χ4v) is 4.75. The van der Waals surface area contributed by atoms with E-state index in [2.05, 4.69) is 5.32 Å². The van der Waals surface area contributed by atoms with Crippen LogP contribution in [0.2, 0.25) is 0 Å². The molecule has 2 fully saturated rings. The number of carboxylic acids is 2. The van der Waals surface area contributed by atoms with Gasteiger partial charge < -0.3 is 26.2 Å². The van der Waals surface area contributed by atoms with E-state index >= 15 is 0 Å². The van der Waals surface area contributed by atoms with Crippen molar-refractivity contribution in [1.29, 1.82) is 0 Å². The van der Waals surface area contributed by atoms with Crippen LogP contribution in [-0.4, -0.2) is 70.0 Å². The summed E-state index contributed by atoms with van der Waals surface area (Å²) in [5, 5.41) is 18.9. The summed E-state index contributed by atoms with van der Waals surface area (Å²) in [5.74, 6) is -5.81. The second-order valence-electron chi connectivity index (χ2n) is 10.8. The number of aliphatic carboxylic acids is 2. The average molecular weight is 542 g/mol. The van der Waals surface area contributed by atoms with Crippen molar-refractivity contribution in [3.05, 3.63) is 47.3 Å². The third-order valence-electron chi connectivity index (χ3n) is 6.26. The molecule has 4 atom stereocenters. The Balaban J connectivity index is 0.000000550. The van der Waals surface area contributed by atoms with Gasteiger partial charge in [0.15, 0.2) is 17.4 Å². The SMILES string of the molecule is CC(C)(C)CC(=O)C1C[C@H]2CNC[C@H]2N1C(=O)CC(N)Cc1cc(F)c(F)cc1F.O=C(O)C=CC(=O)O. The highest BCUT2D eigenvalue weighted by Gasteiger charge is 2.48. The Labute approximate surface area is 218 Å². The van der Waals surface area contributed by atoms with Crippen molar-refractivity contribution in [2.24, 2.45) is 17.1 Å². The molecule has 2 heterocycles. The largest absolute Gasteiger partial charge is 0.478 e. The Morgan fingerprint density at radius 1 is 1.05 bits per heavy atom. The Bertz CT molecular complexity index is 1070. The van der Waals surface area contributed by atoms with Crippen molar-refractivity contribution < 1.29 is 42.6 Å². The predicted molar refractivity (Wildman–Crippen MR) is 132 cm³/mol. The van der Waals surface area contributed by atoms with Gasteiger partial charge in [0, 0.05) is 56.2 Å². The molecule has 1 aromatic carbocycles. The van der Waals surface area contributed by atoms with E-state index in [1.807, 2.05) is 20.8 Å². The molecule has 210 valence electrons. The molecule has 38 heavy (non-hydrogen) atoms. The molecule has 12 heteroatoms. The second kappa shape index (κ2) is 13.0. The van der Waals surface area contributed by atoms with Crippen molar-refractivity contribution in [2.45, 2.75) is 64.6 Å². The summed E-state index contributed by atoms with van der Waals surface area (Å²) in [6.45, 7) is 7.35. The van der Waals surface area contributed by atoms with Gasteiger partial charge in [0.05, 0.1) is 6.04 Å². The molecule has 0 spiro atoms. The van der Waals surface area contributed by atoms with Crippen LogP contribution in [0.5, 0.6) is 0 Å². The van der Waals surface area contributed by atoms with Crippen molar-refractivity contribution >= 4 is 23.6 Å². The number of hydrogen-bond donors (Lipinski definition) is 4. The number of likely N-dealkylation sites (tertiary alicyclic amines) is 1. The molecule has 2 unspecified atom stereocenters. The van der Waals surface area contributed by atoms with Gasteiger partial charge in [-0.15, -0.1) is 0 Å². The van der Waals surface area contributed by atoms with Crippen molar-refractivity contribution in [3.8, 4) is 0 Å². The minimum absolute atomic E-state index is 0.0467. The van der Waals surface area contributed by atoms with Crippen LogP contribution in [0.3, 0.4) is 0 Å². The third kappa shape index (κ3) is 8.95. The van der Waals surface area contributed by atoms with E-state index in [1.54, 1.807) is 4.90 Å². The highest BCUT2D eigenvalue weighted by atomic mass is 19.2. The van der Waals surface area contributed by atoms with Crippen molar-refractivity contribution in [2.75, 3.05) is 13.1 Å². The molecule has 0 saturated carbocycles. The lowest BCUT2D eigenvalue weighted by Crippen LogP contribution is -2.49. The molecule has 0 bridgehead atoms. The number of rotatable bonds is 8. The number of Topliss-reactive ketones (excluding diaryl/α,β-unsaturated/α-hetero) is 1. The van der Waals surface area contributed by atoms with Gasteiger partial charge in [0.2, 0.25) is 5.91 Å². The van der Waals surface area contributed by atoms with Gasteiger partial charge in [0.25, 0.3) is 0 Å². The number of halogens is 3. The lowest BCUT2D eigenvalue weighted by molar-refractivity contribution is -0.140. The first kappa shape index (κ1) is 31.0. The number of carboxylic acid groups (broad SMARTS) is 2. The van der Waals surface area contributed by atoms with Gasteiger partial charge in [0.1, 0.15) is 5.82 Å². The lowest BCUT2D eigenvalue weighted by Gasteiger charge is -2.31. The van der Waals surface area contributed by atoms with Crippen LogP contribution in [0.25, 0.3) is 0 Å². The van der Waals surface area contributed by atoms with E-state index < -0.39 is 41.5 Å². The fraction of sp³-hybridized carbons (Fsp3) is 0.538. The first-order chi connectivity index (χ1) is 17.6. The van der Waals surface area contributed by atoms with E-state index in [0.29, 0.717) is 37.6 Å². The number of benzene rings is 1. The Kier molecular flexibility index (Phi) is 10.6. The topological polar surface area (TPSA) is 150 Å². The number of fused-ring (bicyclic) bond motifs is 1. The zero-order valence-corrected chi connectivity index (χ0v) is 21.5. The maximum absolute atomic E-state index is 13.9. The molecule has 1 aromatic rings. The van der Waals surface area contributed by atoms with E-state index in [9.17, 15) is 32.3 Å². The lowest BCUT2D eigenvalue weighted by atomic mass is 9.86. The summed E-state index contributed by atoms with van der Waals surface area (Å²) in [5.41, 5.74) is 5.81. The quantitative estimate of drug-likeness (QED) is 0.289. The Morgan fingerprint density at radius 2 is 1.63 bits per heavy atom. The molecule has 2 saturated heterocycles. The predicted octanol–water partition coefficient (Wildman–Crippen LogP) is 2.27. The van der Waals surface area contributed by atoms with Gasteiger partial charge in [-0.2, -0.15) is 0 Å². The second-order valence-corrected chi connectivity index (χ2v) is 10.8. The maximum atomic E-state index is 13.9. The number of ketones is 1. The maximum Gasteiger partial charge on any atom is 0.328 e. The fourth-order valence-electron chi connectivity index (χ4n) is 4.75. The van der Waals surface area contributed by atoms with Crippen LogP contribution in [0.15, 0.2) is 24.3 Å². The van der Waals surface area contributed by atoms with Gasteiger partial charge in [-0.3, -0.25) is 9.59 Å². The van der Waals surface area contributed by atoms with E-state index in [-0.39, 0.29) is 47.5 Å². The number of nitrogens with two attached hydrogens (primary N) is 1. The molecule has 0 aliphatic carbocycles. The zero-order valence-electron chi connectivity index (χ0n) is 21.5. The number of carbonyl (C=O) groups excluding carboxylic acids is 2. The van der Waals surface area contributed by atoms with E-state index in [0.717, 1.165) is 12.6 Å². The van der Waals surface area contributed by atoms with E-state index in [4.69, 9.17) is 15.9 Å². The minimum Gasteiger partial charge on any atom is -0.478 e. The first-order valence-corrected chi connectivity index (χ1v) is 12.2. The molecule has 5 N–H and O–H groups in total. The summed E-state index contributed by atoms with van der Waals surface area (Å²) >= 11 is 0. The molecular formula is C26H34F3N3O6. The van der Waals surface area contributed by atoms with Crippen LogP contribution in [0, 0.1) is 28.8 Å². The molecule has 2 aliphatic heterocycles. The summed E-state index contributed by atoms with van der Waals surface area (Å²) in [6.07, 6.45) is 1.92. The van der Waals surface area contributed by atoms with Gasteiger partial charge in [-0.05, 0) is 35.8 Å². The summed E-state index contributed by atoms with van der Waals surface area (Å²) in [6, 6.07) is -0.0455. The van der Waals surface area contributed by atoms with Crippen LogP contribution in [-0.2, 0) is 25.6 Å². The van der Waals surface area contributed by atoms with Crippen molar-refractivity contribution in [1.82, 2.24) is 10.2 Å². The number of hydrogen-bond acceptors (Lipinski definition) is 6. The molecule has 0 radical (unpaired) electrons. The molecular weight excluding hydrogens is 507 g/mol. The average Bonchev–Trinajstić information content (AvgIpc) is 3.36. The molecule has 0 aromatic heterocycles. The van der Waals surface area contributed by atoms with Gasteiger partial charge in [-0.25, -0.2) is 22.8 Å². The highest BCUT2D eigenvalue weighted by molar-refractivity contribution is 5.91. The molecule has 3 rings (SSSR count). The van der Waals surface area contributed by atoms with E-state index in [1.165, 1.54) is 0 Å². The molecule has 2 aliphatic rings. The van der Waals surface area contributed by atoms with Crippen LogP contribution in [0.1, 0.15) is 45.6 Å². The number of carbonyl (C=O) groups is 4. The minimum atomic E-state index is -1.27. The Hall–Kier alpha value is -3.25. The van der Waals surface area contributed by atoms with Gasteiger partial charge in [-0.1, -0.05) is 20.8 Å². The molecule has 9 nitrogen and oxygen atoms in total. The smallest absolute Gasteiger partial charge is 0.328 e. The van der Waals surface area contributed by atoms with Crippen LogP contribution < -0.4 is 11.1 Å². The van der Waals surface area contributed by atoms with Crippen LogP contribution >= 0.6 is 0 Å². The number of nitrogens with zero attached hydrogens (tertiary/aromatic N) is 1. The van der Waals surface area contributed by atoms with Crippen LogP contribution in [0.4, 0.5) is 13.2 Å². The highest BCUT2D eigenvalue weighted by Crippen LogP contribution is 2.35. The molecule has 1 amide bonds. The summed E-state index contributed by atoms with van der Waals surface area (Å²) in [7, 11) is 0. The summed E-state index contributed by atoms with van der Waals surface area (Å²) < 4.78 is 40.5. The standard InChI is InChI=1S/C22H30F3N3O2.C4H4O4/c1-22(2,3)9-20(29)18-6-13-10-27-11-19(13)28(18)21(30)7-14(26)4-12-5-16(24)17(25)8-15(12)23;5-3(6)1-2-4(7)8/h5,8,13-14,18-19,27H,4,6-7,9-11,26H2,1-3H3;1-2H,(H,5,6)(H,7,8)/t13-,14?,18?,19+;/m0./s1. The Morgan fingerprint density at radius 3 is 2.18 bits per heavy atom. The number of nitrogens with one attached hydrogen (secondary N) is 1. The first-order valence-electron chi connectivity index (χ1n) is 12.2. The zero-order chi connectivity index (χ0) is 28.8. The monoisotopic (exact) mass is 541 g/mol. The third-order valence-corrected chi connectivity index (χ3v) is 6.26. The van der Waals surface area contributed by atoms with Gasteiger partial charge >= 0.3 is 11.9 Å². The number of amides is 1.